The zero-order valence-corrected chi connectivity index (χ0v) is 19.9. The summed E-state index contributed by atoms with van der Waals surface area (Å²) in [6.45, 7) is 8.02. The van der Waals surface area contributed by atoms with E-state index in [0.717, 1.165) is 27.1 Å². The number of hydrogen-bond acceptors (Lipinski definition) is 6. The molecule has 0 spiro atoms. The van der Waals surface area contributed by atoms with Gasteiger partial charge >= 0.3 is 0 Å². The first-order valence-electron chi connectivity index (χ1n) is 9.65. The van der Waals surface area contributed by atoms with Crippen molar-refractivity contribution in [3.05, 3.63) is 22.0 Å². The number of carbonyl (C=O) groups excluding carboxylic acids is 2. The highest BCUT2D eigenvalue weighted by atomic mass is 32.2. The predicted octanol–water partition coefficient (Wildman–Crippen LogP) is 4.40. The van der Waals surface area contributed by atoms with Crippen LogP contribution in [-0.4, -0.2) is 55.2 Å². The van der Waals surface area contributed by atoms with E-state index in [1.165, 1.54) is 22.0 Å². The van der Waals surface area contributed by atoms with Crippen LogP contribution in [0.3, 0.4) is 0 Å². The number of amides is 2. The maximum absolute atomic E-state index is 11.9. The van der Waals surface area contributed by atoms with Crippen molar-refractivity contribution in [2.24, 2.45) is 11.8 Å². The minimum absolute atomic E-state index is 0.00694. The summed E-state index contributed by atoms with van der Waals surface area (Å²) in [5, 5.41) is 0. The minimum atomic E-state index is -0.148. The first-order chi connectivity index (χ1) is 13.2. The molecule has 2 atom stereocenters. The summed E-state index contributed by atoms with van der Waals surface area (Å²) in [5.74, 6) is 2.44. The van der Waals surface area contributed by atoms with Crippen molar-refractivity contribution in [2.45, 2.75) is 52.6 Å². The van der Waals surface area contributed by atoms with Crippen LogP contribution in [0.5, 0.6) is 0 Å². The smallest absolute Gasteiger partial charge is 0.254 e. The number of thioether (sulfide) groups is 2. The molecule has 4 aliphatic heterocycles. The lowest BCUT2D eigenvalue weighted by Crippen LogP contribution is -2.46. The van der Waals surface area contributed by atoms with Crippen LogP contribution < -0.4 is 0 Å². The third-order valence-corrected chi connectivity index (χ3v) is 8.29. The minimum Gasteiger partial charge on any atom is -0.324 e. The van der Waals surface area contributed by atoms with Gasteiger partial charge in [0.05, 0.1) is 10.9 Å². The van der Waals surface area contributed by atoms with Gasteiger partial charge in [-0.05, 0) is 63.0 Å². The number of hydrogen-bond donors (Lipinski definition) is 0. The van der Waals surface area contributed by atoms with E-state index in [0.29, 0.717) is 12.0 Å². The van der Waals surface area contributed by atoms with Gasteiger partial charge < -0.3 is 4.90 Å². The monoisotopic (exact) mass is 454 g/mol. The van der Waals surface area contributed by atoms with E-state index >= 15 is 0 Å². The molecule has 2 amide bonds. The fourth-order valence-electron chi connectivity index (χ4n) is 3.80. The first kappa shape index (κ1) is 22.0. The number of carbonyl (C=O) groups is 2. The Kier molecular flexibility index (Phi) is 7.05. The lowest BCUT2D eigenvalue weighted by Gasteiger charge is -2.35. The summed E-state index contributed by atoms with van der Waals surface area (Å²) in [4.78, 5) is 31.3. The number of fused-ring (bicyclic) bond motifs is 2. The molecule has 2 fully saturated rings. The van der Waals surface area contributed by atoms with Crippen molar-refractivity contribution in [3.63, 3.8) is 0 Å². The van der Waals surface area contributed by atoms with Crippen LogP contribution in [0.4, 0.5) is 0 Å². The normalized spacial score (nSPS) is 26.9. The van der Waals surface area contributed by atoms with Gasteiger partial charge in [0.25, 0.3) is 5.91 Å². The van der Waals surface area contributed by atoms with E-state index in [2.05, 4.69) is 24.8 Å². The topological polar surface area (TPSA) is 40.6 Å². The van der Waals surface area contributed by atoms with Gasteiger partial charge in [0.1, 0.15) is 4.99 Å². The predicted molar refractivity (Wildman–Crippen MR) is 126 cm³/mol. The van der Waals surface area contributed by atoms with E-state index in [4.69, 9.17) is 24.4 Å². The third kappa shape index (κ3) is 4.25. The van der Waals surface area contributed by atoms with Gasteiger partial charge in [-0.25, -0.2) is 0 Å². The van der Waals surface area contributed by atoms with E-state index in [9.17, 15) is 9.59 Å². The molecule has 2 unspecified atom stereocenters. The molecule has 2 saturated heterocycles. The molecule has 0 aromatic carbocycles. The van der Waals surface area contributed by atoms with Gasteiger partial charge in [-0.15, -0.1) is 23.5 Å². The molecule has 0 aliphatic carbocycles. The molecule has 0 saturated carbocycles. The Labute approximate surface area is 186 Å². The van der Waals surface area contributed by atoms with Crippen LogP contribution in [0.2, 0.25) is 0 Å². The molecule has 8 heteroatoms. The molecular weight excluding hydrogens is 429 g/mol. The summed E-state index contributed by atoms with van der Waals surface area (Å²) in [6.07, 6.45) is 5.82. The quantitative estimate of drug-likeness (QED) is 0.452. The molecule has 4 rings (SSSR count). The Morgan fingerprint density at radius 2 is 1.43 bits per heavy atom. The summed E-state index contributed by atoms with van der Waals surface area (Å²) in [7, 11) is 0. The summed E-state index contributed by atoms with van der Waals surface area (Å²) >= 11 is 14.4. The van der Waals surface area contributed by atoms with Crippen LogP contribution in [0.1, 0.15) is 40.5 Å². The van der Waals surface area contributed by atoms with Crippen molar-refractivity contribution in [3.8, 4) is 0 Å². The molecule has 0 bridgehead atoms. The average Bonchev–Trinajstić information content (AvgIpc) is 3.23. The molecule has 4 heterocycles. The van der Waals surface area contributed by atoms with Crippen LogP contribution >= 0.6 is 48.0 Å². The SMILES string of the molecule is CC(C)N1C(=O)C=C2SCCC2C1=O.CC(C)N1C(=S)C=C2SCCC2C1=S. The van der Waals surface area contributed by atoms with Gasteiger partial charge in [-0.3, -0.25) is 14.5 Å². The molecule has 28 heavy (non-hydrogen) atoms. The molecule has 4 nitrogen and oxygen atoms in total. The highest BCUT2D eigenvalue weighted by molar-refractivity contribution is 8.03. The van der Waals surface area contributed by atoms with Crippen molar-refractivity contribution >= 4 is 69.8 Å². The number of imide groups is 1. The summed E-state index contributed by atoms with van der Waals surface area (Å²) in [6, 6.07) is 0.358. The Morgan fingerprint density at radius 1 is 0.893 bits per heavy atom. The maximum Gasteiger partial charge on any atom is 0.254 e. The van der Waals surface area contributed by atoms with E-state index < -0.39 is 0 Å². The van der Waals surface area contributed by atoms with Crippen molar-refractivity contribution in [1.29, 1.82) is 0 Å². The zero-order valence-electron chi connectivity index (χ0n) is 16.6. The Bertz CT molecular complexity index is 708. The Morgan fingerprint density at radius 3 is 2.00 bits per heavy atom. The molecule has 0 N–H and O–H groups in total. The van der Waals surface area contributed by atoms with Crippen molar-refractivity contribution < 1.29 is 9.59 Å². The lowest BCUT2D eigenvalue weighted by atomic mass is 9.99. The Balaban J connectivity index is 0.000000161. The van der Waals surface area contributed by atoms with Gasteiger partial charge in [0.2, 0.25) is 5.91 Å². The van der Waals surface area contributed by atoms with E-state index in [-0.39, 0.29) is 23.8 Å². The molecule has 0 aromatic heterocycles. The van der Waals surface area contributed by atoms with E-state index in [1.54, 1.807) is 17.8 Å². The second-order valence-electron chi connectivity index (χ2n) is 7.75. The van der Waals surface area contributed by atoms with Crippen LogP contribution in [0.25, 0.3) is 0 Å². The Hall–Kier alpha value is -0.700. The zero-order chi connectivity index (χ0) is 20.6. The largest absolute Gasteiger partial charge is 0.324 e. The van der Waals surface area contributed by atoms with Gasteiger partial charge in [-0.1, -0.05) is 24.4 Å². The fourth-order valence-corrected chi connectivity index (χ4v) is 7.41. The summed E-state index contributed by atoms with van der Waals surface area (Å²) in [5.41, 5.74) is 0. The second kappa shape index (κ2) is 8.98. The number of nitrogens with zero attached hydrogens (tertiary/aromatic N) is 2. The highest BCUT2D eigenvalue weighted by Gasteiger charge is 2.39. The fraction of sp³-hybridized carbons (Fsp3) is 0.600. The van der Waals surface area contributed by atoms with E-state index in [1.807, 2.05) is 25.6 Å². The summed E-state index contributed by atoms with van der Waals surface area (Å²) < 4.78 is 0. The van der Waals surface area contributed by atoms with Crippen LogP contribution in [-0.2, 0) is 9.59 Å². The van der Waals surface area contributed by atoms with Crippen molar-refractivity contribution in [1.82, 2.24) is 9.80 Å². The standard InChI is InChI=1S/C10H13NO2S.C10H13NS3/c2*1-6(2)11-9(12)5-8-7(10(11)13)3-4-14-8/h2*5-7H,3-4H2,1-2H3. The molecule has 4 aliphatic rings. The molecule has 0 aromatic rings. The van der Waals surface area contributed by atoms with Crippen LogP contribution in [0, 0.1) is 11.8 Å². The van der Waals surface area contributed by atoms with Gasteiger partial charge in [-0.2, -0.15) is 0 Å². The average molecular weight is 455 g/mol. The highest BCUT2D eigenvalue weighted by Crippen LogP contribution is 2.41. The molecule has 0 radical (unpaired) electrons. The maximum atomic E-state index is 11.9. The lowest BCUT2D eigenvalue weighted by molar-refractivity contribution is -0.147. The number of thiocarbonyl (C=S) groups is 2. The van der Waals surface area contributed by atoms with Crippen LogP contribution in [0.15, 0.2) is 22.0 Å². The van der Waals surface area contributed by atoms with Gasteiger partial charge in [0, 0.05) is 29.0 Å². The molecule has 152 valence electrons. The second-order valence-corrected chi connectivity index (χ2v) is 10.9. The third-order valence-electron chi connectivity index (χ3n) is 5.15. The number of rotatable bonds is 2. The van der Waals surface area contributed by atoms with Crippen molar-refractivity contribution in [2.75, 3.05) is 11.5 Å². The first-order valence-corrected chi connectivity index (χ1v) is 12.4. The molecular formula is C20H26N2O2S4. The van der Waals surface area contributed by atoms with Gasteiger partial charge in [0.15, 0.2) is 0 Å².